The molecular formula is C32H44BrClN2O2S. The number of aryl methyl sites for hydroxylation is 1. The van der Waals surface area contributed by atoms with Gasteiger partial charge in [0.2, 0.25) is 5.51 Å². The highest BCUT2D eigenvalue weighted by molar-refractivity contribution is 7.07. The average molecular weight is 636 g/mol. The maximum Gasteiger partial charge on any atom is 0.259 e. The lowest BCUT2D eigenvalue weighted by atomic mass is 10.1. The van der Waals surface area contributed by atoms with Gasteiger partial charge in [0.15, 0.2) is 18.0 Å². The van der Waals surface area contributed by atoms with Gasteiger partial charge < -0.3 is 27.0 Å². The number of aromatic nitrogens is 1. The molecule has 2 aromatic carbocycles. The molecule has 1 amide bonds. The zero-order valence-electron chi connectivity index (χ0n) is 23.5. The van der Waals surface area contributed by atoms with Crippen molar-refractivity contribution < 1.29 is 31.1 Å². The topological polar surface area (TPSA) is 42.2 Å². The Morgan fingerprint density at radius 2 is 1.54 bits per heavy atom. The first-order valence-electron chi connectivity index (χ1n) is 14.3. The first kappa shape index (κ1) is 33.3. The van der Waals surface area contributed by atoms with Gasteiger partial charge in [-0.05, 0) is 24.6 Å². The molecule has 39 heavy (non-hydrogen) atoms. The van der Waals surface area contributed by atoms with E-state index in [-0.39, 0.29) is 22.9 Å². The van der Waals surface area contributed by atoms with Gasteiger partial charge in [-0.3, -0.25) is 4.79 Å². The highest BCUT2D eigenvalue weighted by Gasteiger charge is 2.18. The molecular weight excluding hydrogens is 592 g/mol. The number of para-hydroxylation sites is 2. The summed E-state index contributed by atoms with van der Waals surface area (Å²) in [4.78, 5) is 13.3. The van der Waals surface area contributed by atoms with E-state index in [9.17, 15) is 4.79 Å². The maximum atomic E-state index is 13.3. The summed E-state index contributed by atoms with van der Waals surface area (Å²) >= 11 is 8.13. The molecule has 1 N–H and O–H groups in total. The molecule has 0 atom stereocenters. The Hall–Kier alpha value is -1.89. The lowest BCUT2D eigenvalue weighted by Gasteiger charge is -2.14. The third kappa shape index (κ3) is 11.6. The fraction of sp³-hybridized carbons (Fsp3) is 0.500. The molecule has 4 nitrogen and oxygen atoms in total. The molecule has 7 heteroatoms. The van der Waals surface area contributed by atoms with Crippen LogP contribution < -0.4 is 31.6 Å². The maximum absolute atomic E-state index is 13.3. The summed E-state index contributed by atoms with van der Waals surface area (Å²) in [7, 11) is 0. The highest BCUT2D eigenvalue weighted by atomic mass is 79.9. The largest absolute Gasteiger partial charge is 1.00 e. The minimum Gasteiger partial charge on any atom is -1.00 e. The smallest absolute Gasteiger partial charge is 0.259 e. The third-order valence-corrected chi connectivity index (χ3v) is 8.09. The minimum atomic E-state index is -0.211. The van der Waals surface area contributed by atoms with Gasteiger partial charge in [-0.25, -0.2) is 0 Å². The molecule has 0 unspecified atom stereocenters. The van der Waals surface area contributed by atoms with Crippen LogP contribution in [0.4, 0.5) is 5.69 Å². The van der Waals surface area contributed by atoms with Crippen molar-refractivity contribution in [3.8, 4) is 5.75 Å². The summed E-state index contributed by atoms with van der Waals surface area (Å²) in [5, 5.41) is 5.67. The summed E-state index contributed by atoms with van der Waals surface area (Å²) < 4.78 is 8.23. The Bertz CT molecular complexity index is 1120. The fourth-order valence-electron chi connectivity index (χ4n) is 4.62. The van der Waals surface area contributed by atoms with Crippen LogP contribution in [-0.4, -0.2) is 12.5 Å². The SMILES string of the molecule is CCCCCCCCCCCCCCOc1c(Cl)cccc1C(=O)Nc1ccccc1C[n+]1cscc1C.[Br-]. The number of amides is 1. The standard InChI is InChI=1S/C32H43ClN2O2S.BrH/c1-3-4-5-6-7-8-9-10-11-12-13-16-22-37-31-28(19-17-20-29(31)33)32(36)34-30-21-15-14-18-27(30)23-35-25-38-24-26(35)2;/h14-15,17-21,24-25H,3-13,16,22-23H2,1-2H3;1H. The van der Waals surface area contributed by atoms with Crippen LogP contribution in [0, 0.1) is 6.92 Å². The molecule has 3 rings (SSSR count). The molecule has 0 spiro atoms. The van der Waals surface area contributed by atoms with E-state index in [0.717, 1.165) is 24.1 Å². The number of benzene rings is 2. The number of halogens is 2. The zero-order chi connectivity index (χ0) is 27.0. The van der Waals surface area contributed by atoms with E-state index < -0.39 is 0 Å². The van der Waals surface area contributed by atoms with Crippen molar-refractivity contribution in [3.63, 3.8) is 0 Å². The van der Waals surface area contributed by atoms with Crippen LogP contribution in [-0.2, 0) is 6.54 Å². The number of ether oxygens (including phenoxy) is 1. The first-order valence-corrected chi connectivity index (χ1v) is 15.6. The van der Waals surface area contributed by atoms with Gasteiger partial charge in [-0.1, -0.05) is 125 Å². The van der Waals surface area contributed by atoms with Crippen molar-refractivity contribution in [3.05, 3.63) is 75.2 Å². The quantitative estimate of drug-likeness (QED) is 0.130. The van der Waals surface area contributed by atoms with E-state index in [2.05, 4.69) is 34.6 Å². The van der Waals surface area contributed by atoms with Crippen molar-refractivity contribution in [1.82, 2.24) is 0 Å². The molecule has 0 aliphatic rings. The molecule has 214 valence electrons. The van der Waals surface area contributed by atoms with Crippen molar-refractivity contribution in [1.29, 1.82) is 0 Å². The normalized spacial score (nSPS) is 10.7. The first-order chi connectivity index (χ1) is 18.6. The number of anilines is 1. The Labute approximate surface area is 254 Å². The third-order valence-electron chi connectivity index (χ3n) is 6.94. The minimum absolute atomic E-state index is 0. The van der Waals surface area contributed by atoms with Crippen LogP contribution in [0.2, 0.25) is 5.02 Å². The summed E-state index contributed by atoms with van der Waals surface area (Å²) in [5.41, 5.74) is 5.59. The van der Waals surface area contributed by atoms with Gasteiger partial charge in [-0.2, -0.15) is 4.57 Å². The van der Waals surface area contributed by atoms with E-state index in [0.29, 0.717) is 29.5 Å². The van der Waals surface area contributed by atoms with Crippen molar-refractivity contribution in [2.45, 2.75) is 97.4 Å². The number of carbonyl (C=O) groups excluding carboxylic acids is 1. The lowest BCUT2D eigenvalue weighted by molar-refractivity contribution is -0.689. The second-order valence-electron chi connectivity index (χ2n) is 10.1. The molecule has 1 aromatic heterocycles. The van der Waals surface area contributed by atoms with Gasteiger partial charge in [0.1, 0.15) is 0 Å². The zero-order valence-corrected chi connectivity index (χ0v) is 26.7. The average Bonchev–Trinajstić information content (AvgIpc) is 3.32. The van der Waals surface area contributed by atoms with E-state index in [1.807, 2.05) is 24.3 Å². The number of nitrogens with one attached hydrogen (secondary N) is 1. The fourth-order valence-corrected chi connectivity index (χ4v) is 5.63. The number of hydrogen-bond donors (Lipinski definition) is 1. The number of hydrogen-bond acceptors (Lipinski definition) is 3. The lowest BCUT2D eigenvalue weighted by Crippen LogP contribution is -3.00. The summed E-state index contributed by atoms with van der Waals surface area (Å²) in [5.74, 6) is 0.256. The molecule has 0 radical (unpaired) electrons. The Morgan fingerprint density at radius 1 is 0.897 bits per heavy atom. The summed E-state index contributed by atoms with van der Waals surface area (Å²) in [6.45, 7) is 5.61. The highest BCUT2D eigenvalue weighted by Crippen LogP contribution is 2.30. The van der Waals surface area contributed by atoms with Crippen LogP contribution >= 0.6 is 22.9 Å². The number of unbranched alkanes of at least 4 members (excludes halogenated alkanes) is 11. The molecule has 0 saturated heterocycles. The molecule has 0 bridgehead atoms. The Kier molecular flexibility index (Phi) is 16.4. The van der Waals surface area contributed by atoms with Crippen LogP contribution in [0.25, 0.3) is 0 Å². The molecule has 1 heterocycles. The number of thiazole rings is 1. The van der Waals surface area contributed by atoms with Gasteiger partial charge in [-0.15, -0.1) is 0 Å². The molecule has 0 aliphatic heterocycles. The summed E-state index contributed by atoms with van der Waals surface area (Å²) in [6.07, 6.45) is 15.6. The molecule has 0 saturated carbocycles. The Morgan fingerprint density at radius 3 is 2.18 bits per heavy atom. The van der Waals surface area contributed by atoms with Crippen LogP contribution in [0.5, 0.6) is 5.75 Å². The van der Waals surface area contributed by atoms with Crippen molar-refractivity contribution in [2.75, 3.05) is 11.9 Å². The van der Waals surface area contributed by atoms with Crippen LogP contribution in [0.1, 0.15) is 106 Å². The molecule has 3 aromatic rings. The second-order valence-corrected chi connectivity index (χ2v) is 11.2. The van der Waals surface area contributed by atoms with E-state index in [4.69, 9.17) is 16.3 Å². The van der Waals surface area contributed by atoms with E-state index in [1.54, 1.807) is 29.5 Å². The Balaban J connectivity index is 0.00000533. The molecule has 0 aliphatic carbocycles. The van der Waals surface area contributed by atoms with Crippen LogP contribution in [0.3, 0.4) is 0 Å². The van der Waals surface area contributed by atoms with Crippen molar-refractivity contribution in [2.24, 2.45) is 0 Å². The van der Waals surface area contributed by atoms with Gasteiger partial charge in [0, 0.05) is 12.5 Å². The number of rotatable bonds is 18. The molecule has 0 fully saturated rings. The van der Waals surface area contributed by atoms with Gasteiger partial charge in [0.25, 0.3) is 5.91 Å². The predicted molar refractivity (Wildman–Crippen MR) is 161 cm³/mol. The van der Waals surface area contributed by atoms with Gasteiger partial charge >= 0.3 is 0 Å². The van der Waals surface area contributed by atoms with E-state index in [1.165, 1.54) is 69.9 Å². The predicted octanol–water partition coefficient (Wildman–Crippen LogP) is 6.38. The second kappa shape index (κ2) is 19.2. The number of nitrogens with zero attached hydrogens (tertiary/aromatic N) is 1. The van der Waals surface area contributed by atoms with Crippen LogP contribution in [0.15, 0.2) is 53.4 Å². The van der Waals surface area contributed by atoms with Gasteiger partial charge in [0.05, 0.1) is 28.3 Å². The monoisotopic (exact) mass is 634 g/mol. The summed E-state index contributed by atoms with van der Waals surface area (Å²) in [6, 6.07) is 13.3. The number of carbonyl (C=O) groups is 1. The van der Waals surface area contributed by atoms with Crippen molar-refractivity contribution >= 4 is 34.5 Å². The van der Waals surface area contributed by atoms with E-state index >= 15 is 0 Å².